The molecule has 1 aliphatic rings. The smallest absolute Gasteiger partial charge is 0.279 e. The molecule has 0 spiro atoms. The maximum absolute atomic E-state index is 12.3. The first kappa shape index (κ1) is 15.3. The molecule has 0 atom stereocenters. The number of carbonyl (C=O) groups excluding carboxylic acids is 1. The number of aromatic nitrogens is 4. The average molecular weight is 334 g/mol. The van der Waals surface area contributed by atoms with Gasteiger partial charge in [-0.15, -0.1) is 5.10 Å². The molecule has 126 valence electrons. The summed E-state index contributed by atoms with van der Waals surface area (Å²) < 4.78 is 1.57. The minimum Gasteiger partial charge on any atom is -0.370 e. The molecule has 3 heterocycles. The summed E-state index contributed by atoms with van der Waals surface area (Å²) in [7, 11) is 0. The van der Waals surface area contributed by atoms with Crippen LogP contribution in [0.1, 0.15) is 23.3 Å². The summed E-state index contributed by atoms with van der Waals surface area (Å²) in [5, 5.41) is 10.7. The molecule has 1 fully saturated rings. The maximum atomic E-state index is 12.3. The molecular weight excluding hydrogens is 316 g/mol. The Hall–Kier alpha value is -3.22. The highest BCUT2D eigenvalue weighted by Gasteiger charge is 2.14. The van der Waals surface area contributed by atoms with Crippen molar-refractivity contribution in [3.63, 3.8) is 0 Å². The predicted octanol–water partition coefficient (Wildman–Crippen LogP) is 2.51. The van der Waals surface area contributed by atoms with Crippen LogP contribution in [0.2, 0.25) is 0 Å². The number of carbonyl (C=O) groups is 1. The van der Waals surface area contributed by atoms with Crippen LogP contribution in [0.15, 0.2) is 54.9 Å². The Kier molecular flexibility index (Phi) is 4.12. The zero-order valence-corrected chi connectivity index (χ0v) is 13.7. The zero-order valence-electron chi connectivity index (χ0n) is 13.7. The summed E-state index contributed by atoms with van der Waals surface area (Å²) >= 11 is 0. The number of anilines is 2. The van der Waals surface area contributed by atoms with Crippen molar-refractivity contribution in [3.8, 4) is 5.69 Å². The molecule has 1 aromatic carbocycles. The van der Waals surface area contributed by atoms with E-state index in [1.54, 1.807) is 17.1 Å². The van der Waals surface area contributed by atoms with Gasteiger partial charge in [0.2, 0.25) is 0 Å². The van der Waals surface area contributed by atoms with E-state index in [1.165, 1.54) is 12.8 Å². The lowest BCUT2D eigenvalue weighted by Crippen LogP contribution is -2.18. The van der Waals surface area contributed by atoms with Gasteiger partial charge in [0, 0.05) is 13.1 Å². The number of benzene rings is 1. The van der Waals surface area contributed by atoms with Gasteiger partial charge in [0.05, 0.1) is 23.8 Å². The fraction of sp³-hybridized carbons (Fsp3) is 0.222. The summed E-state index contributed by atoms with van der Waals surface area (Å²) in [6.45, 7) is 2.13. The molecule has 4 rings (SSSR count). The number of pyridine rings is 1. The highest BCUT2D eigenvalue weighted by molar-refractivity contribution is 6.02. The number of para-hydroxylation sites is 1. The van der Waals surface area contributed by atoms with Crippen LogP contribution in [-0.2, 0) is 0 Å². The molecule has 1 amide bonds. The number of hydrogen-bond acceptors (Lipinski definition) is 5. The molecule has 7 heteroatoms. The van der Waals surface area contributed by atoms with Crippen LogP contribution in [0, 0.1) is 0 Å². The third-order valence-electron chi connectivity index (χ3n) is 4.21. The summed E-state index contributed by atoms with van der Waals surface area (Å²) in [5.41, 5.74) is 2.18. The zero-order chi connectivity index (χ0) is 17.1. The second-order valence-electron chi connectivity index (χ2n) is 5.93. The summed E-state index contributed by atoms with van der Waals surface area (Å²) in [6, 6.07) is 13.3. The molecule has 3 aromatic rings. The van der Waals surface area contributed by atoms with Gasteiger partial charge in [0.15, 0.2) is 5.69 Å². The van der Waals surface area contributed by atoms with Crippen molar-refractivity contribution in [1.29, 1.82) is 0 Å². The van der Waals surface area contributed by atoms with Gasteiger partial charge in [-0.25, -0.2) is 9.67 Å². The van der Waals surface area contributed by atoms with E-state index in [4.69, 9.17) is 0 Å². The highest BCUT2D eigenvalue weighted by atomic mass is 16.2. The van der Waals surface area contributed by atoms with Gasteiger partial charge in [-0.2, -0.15) is 0 Å². The van der Waals surface area contributed by atoms with Crippen molar-refractivity contribution in [2.75, 3.05) is 23.3 Å². The van der Waals surface area contributed by atoms with Crippen LogP contribution < -0.4 is 10.2 Å². The molecule has 0 saturated carbocycles. The molecular formula is C18H18N6O. The lowest BCUT2D eigenvalue weighted by atomic mass is 10.3. The fourth-order valence-electron chi connectivity index (χ4n) is 2.88. The number of amides is 1. The van der Waals surface area contributed by atoms with Crippen LogP contribution in [0.5, 0.6) is 0 Å². The van der Waals surface area contributed by atoms with Gasteiger partial charge in [0.1, 0.15) is 5.82 Å². The van der Waals surface area contributed by atoms with Crippen LogP contribution in [0.4, 0.5) is 11.5 Å². The van der Waals surface area contributed by atoms with Crippen LogP contribution in [0.3, 0.4) is 0 Å². The van der Waals surface area contributed by atoms with Crippen LogP contribution in [-0.4, -0.2) is 39.0 Å². The molecule has 0 unspecified atom stereocenters. The van der Waals surface area contributed by atoms with E-state index in [0.29, 0.717) is 5.82 Å². The molecule has 1 aliphatic heterocycles. The number of nitrogens with one attached hydrogen (secondary N) is 1. The van der Waals surface area contributed by atoms with E-state index in [0.717, 1.165) is 24.5 Å². The number of rotatable bonds is 4. The third kappa shape index (κ3) is 3.35. The Morgan fingerprint density at radius 2 is 1.80 bits per heavy atom. The molecule has 7 nitrogen and oxygen atoms in total. The van der Waals surface area contributed by atoms with E-state index in [2.05, 4.69) is 25.5 Å². The molecule has 1 saturated heterocycles. The minimum absolute atomic E-state index is 0.245. The first-order valence-corrected chi connectivity index (χ1v) is 8.30. The van der Waals surface area contributed by atoms with Crippen molar-refractivity contribution < 1.29 is 4.79 Å². The first-order chi connectivity index (χ1) is 12.3. The lowest BCUT2D eigenvalue weighted by Gasteiger charge is -2.17. The largest absolute Gasteiger partial charge is 0.370 e. The predicted molar refractivity (Wildman–Crippen MR) is 95.0 cm³/mol. The normalized spacial score (nSPS) is 13.8. The quantitative estimate of drug-likeness (QED) is 0.793. The van der Waals surface area contributed by atoms with Gasteiger partial charge in [-0.3, -0.25) is 4.79 Å². The second-order valence-corrected chi connectivity index (χ2v) is 5.93. The number of hydrogen-bond donors (Lipinski definition) is 1. The van der Waals surface area contributed by atoms with Crippen molar-refractivity contribution >= 4 is 17.4 Å². The highest BCUT2D eigenvalue weighted by Crippen LogP contribution is 2.20. The molecule has 0 radical (unpaired) electrons. The monoisotopic (exact) mass is 334 g/mol. The standard InChI is InChI=1S/C18H18N6O/c25-18(16-13-24(22-21-16)14-6-2-1-3-7-14)20-17-9-8-15(12-19-17)23-10-4-5-11-23/h1-3,6-9,12-13H,4-5,10-11H2,(H,19,20,25). The Morgan fingerprint density at radius 1 is 1.00 bits per heavy atom. The van der Waals surface area contributed by atoms with Crippen molar-refractivity contribution in [2.45, 2.75) is 12.8 Å². The summed E-state index contributed by atoms with van der Waals surface area (Å²) in [6.07, 6.45) is 5.83. The van der Waals surface area contributed by atoms with E-state index in [1.807, 2.05) is 42.5 Å². The summed E-state index contributed by atoms with van der Waals surface area (Å²) in [4.78, 5) is 18.9. The average Bonchev–Trinajstić information content (AvgIpc) is 3.35. The number of nitrogens with zero attached hydrogens (tertiary/aromatic N) is 5. The van der Waals surface area contributed by atoms with Crippen LogP contribution in [0.25, 0.3) is 5.69 Å². The van der Waals surface area contributed by atoms with E-state index < -0.39 is 0 Å². The van der Waals surface area contributed by atoms with Gasteiger partial charge in [-0.1, -0.05) is 23.4 Å². The van der Waals surface area contributed by atoms with E-state index in [9.17, 15) is 4.79 Å². The first-order valence-electron chi connectivity index (χ1n) is 8.30. The minimum atomic E-state index is -0.330. The van der Waals surface area contributed by atoms with E-state index >= 15 is 0 Å². The Labute approximate surface area is 145 Å². The van der Waals surface area contributed by atoms with Crippen molar-refractivity contribution in [1.82, 2.24) is 20.0 Å². The molecule has 0 aliphatic carbocycles. The molecule has 25 heavy (non-hydrogen) atoms. The third-order valence-corrected chi connectivity index (χ3v) is 4.21. The van der Waals surface area contributed by atoms with Gasteiger partial charge in [-0.05, 0) is 37.1 Å². The fourth-order valence-corrected chi connectivity index (χ4v) is 2.88. The van der Waals surface area contributed by atoms with Gasteiger partial charge < -0.3 is 10.2 Å². The van der Waals surface area contributed by atoms with Crippen LogP contribution >= 0.6 is 0 Å². The van der Waals surface area contributed by atoms with Gasteiger partial charge >= 0.3 is 0 Å². The Bertz CT molecular complexity index is 853. The second kappa shape index (κ2) is 6.72. The van der Waals surface area contributed by atoms with Crippen molar-refractivity contribution in [3.05, 3.63) is 60.6 Å². The lowest BCUT2D eigenvalue weighted by molar-refractivity contribution is 0.102. The molecule has 1 N–H and O–H groups in total. The Morgan fingerprint density at radius 3 is 2.52 bits per heavy atom. The van der Waals surface area contributed by atoms with E-state index in [-0.39, 0.29) is 11.6 Å². The SMILES string of the molecule is O=C(Nc1ccc(N2CCCC2)cn1)c1cn(-c2ccccc2)nn1. The molecule has 2 aromatic heterocycles. The van der Waals surface area contributed by atoms with Crippen molar-refractivity contribution in [2.24, 2.45) is 0 Å². The summed E-state index contributed by atoms with van der Waals surface area (Å²) in [5.74, 6) is 0.172. The maximum Gasteiger partial charge on any atom is 0.279 e. The van der Waals surface area contributed by atoms with Gasteiger partial charge in [0.25, 0.3) is 5.91 Å². The Balaban J connectivity index is 1.44. The molecule has 0 bridgehead atoms. The topological polar surface area (TPSA) is 75.9 Å².